The molecule has 1 aliphatic rings. The van der Waals surface area contributed by atoms with Crippen LogP contribution in [0.4, 0.5) is 0 Å². The highest BCUT2D eigenvalue weighted by Gasteiger charge is 2.34. The average Bonchev–Trinajstić information content (AvgIpc) is 2.61. The van der Waals surface area contributed by atoms with Crippen molar-refractivity contribution in [1.29, 1.82) is 0 Å². The van der Waals surface area contributed by atoms with E-state index in [4.69, 9.17) is 4.52 Å². The van der Waals surface area contributed by atoms with Gasteiger partial charge < -0.3 is 4.52 Å². The van der Waals surface area contributed by atoms with E-state index in [1.807, 2.05) is 0 Å². The second kappa shape index (κ2) is 4.61. The van der Waals surface area contributed by atoms with Gasteiger partial charge >= 0.3 is 0 Å². The number of benzene rings is 1. The molecule has 2 nitrogen and oxygen atoms in total. The van der Waals surface area contributed by atoms with Gasteiger partial charge in [0.05, 0.1) is 6.61 Å². The van der Waals surface area contributed by atoms with Gasteiger partial charge in [0.15, 0.2) is 0 Å². The second-order valence-electron chi connectivity index (χ2n) is 4.29. The molecule has 2 atom stereocenters. The Morgan fingerprint density at radius 3 is 2.53 bits per heavy atom. The first kappa shape index (κ1) is 11.1. The van der Waals surface area contributed by atoms with Crippen molar-refractivity contribution < 1.29 is 4.52 Å². The Morgan fingerprint density at radius 2 is 2.00 bits per heavy atom. The van der Waals surface area contributed by atoms with Crippen molar-refractivity contribution in [3.8, 4) is 0 Å². The lowest BCUT2D eigenvalue weighted by atomic mass is 10.1. The Bertz CT molecular complexity index is 315. The molecule has 0 aliphatic carbocycles. The molecule has 0 N–H and O–H groups in total. The summed E-state index contributed by atoms with van der Waals surface area (Å²) in [5.41, 5.74) is 0. The van der Waals surface area contributed by atoms with Gasteiger partial charge in [0.25, 0.3) is 0 Å². The van der Waals surface area contributed by atoms with E-state index in [0.29, 0.717) is 12.0 Å². The van der Waals surface area contributed by atoms with Gasteiger partial charge in [0.1, 0.15) is 8.30 Å². The minimum absolute atomic E-state index is 0.540. The van der Waals surface area contributed by atoms with Gasteiger partial charge in [0.2, 0.25) is 0 Å². The molecular weight excluding hydrogens is 205 g/mol. The third-order valence-corrected chi connectivity index (χ3v) is 4.88. The van der Waals surface area contributed by atoms with E-state index >= 15 is 0 Å². The predicted molar refractivity (Wildman–Crippen MR) is 65.3 cm³/mol. The molecule has 1 unspecified atom stereocenters. The Morgan fingerprint density at radius 1 is 1.33 bits per heavy atom. The van der Waals surface area contributed by atoms with Crippen LogP contribution >= 0.6 is 8.30 Å². The summed E-state index contributed by atoms with van der Waals surface area (Å²) in [6.07, 6.45) is 0. The number of likely N-dealkylation sites (N-methyl/N-ethyl adjacent to an activating group) is 1. The van der Waals surface area contributed by atoms with Gasteiger partial charge in [-0.1, -0.05) is 44.2 Å². The minimum atomic E-state index is -0.540. The number of nitrogens with zero attached hydrogens (tertiary/aromatic N) is 1. The SMILES string of the molecule is CC(C)[C@@H]1COP(c2ccccc2)N1C. The Kier molecular flexibility index (Phi) is 3.40. The average molecular weight is 223 g/mol. The van der Waals surface area contributed by atoms with Gasteiger partial charge in [0, 0.05) is 11.3 Å². The van der Waals surface area contributed by atoms with Gasteiger partial charge in [-0.3, -0.25) is 4.67 Å². The molecule has 1 aromatic carbocycles. The highest BCUT2D eigenvalue weighted by atomic mass is 31.2. The molecule has 2 rings (SSSR count). The van der Waals surface area contributed by atoms with Gasteiger partial charge in [-0.2, -0.15) is 0 Å². The van der Waals surface area contributed by atoms with Crippen LogP contribution in [0.25, 0.3) is 0 Å². The van der Waals surface area contributed by atoms with Crippen LogP contribution in [0.1, 0.15) is 13.8 Å². The molecule has 0 radical (unpaired) electrons. The first-order valence-corrected chi connectivity index (χ1v) is 6.62. The molecule has 0 amide bonds. The van der Waals surface area contributed by atoms with Crippen LogP contribution < -0.4 is 5.30 Å². The van der Waals surface area contributed by atoms with Crippen molar-refractivity contribution >= 4 is 13.6 Å². The van der Waals surface area contributed by atoms with Crippen LogP contribution in [-0.4, -0.2) is 24.4 Å². The van der Waals surface area contributed by atoms with E-state index < -0.39 is 8.30 Å². The summed E-state index contributed by atoms with van der Waals surface area (Å²) >= 11 is 0. The van der Waals surface area contributed by atoms with Crippen molar-refractivity contribution in [2.24, 2.45) is 5.92 Å². The highest BCUT2D eigenvalue weighted by molar-refractivity contribution is 7.58. The lowest BCUT2D eigenvalue weighted by Gasteiger charge is -2.25. The fourth-order valence-electron chi connectivity index (χ4n) is 1.92. The minimum Gasteiger partial charge on any atom is -0.338 e. The maximum Gasteiger partial charge on any atom is 0.137 e. The molecule has 1 fully saturated rings. The first-order valence-electron chi connectivity index (χ1n) is 5.41. The summed E-state index contributed by atoms with van der Waals surface area (Å²) in [7, 11) is 1.64. The summed E-state index contributed by atoms with van der Waals surface area (Å²) in [5, 5.41) is 1.32. The van der Waals surface area contributed by atoms with E-state index in [2.05, 4.69) is 55.9 Å². The quantitative estimate of drug-likeness (QED) is 0.714. The highest BCUT2D eigenvalue weighted by Crippen LogP contribution is 2.47. The van der Waals surface area contributed by atoms with Crippen LogP contribution in [0.2, 0.25) is 0 Å². The van der Waals surface area contributed by atoms with Crippen molar-refractivity contribution in [1.82, 2.24) is 4.67 Å². The lowest BCUT2D eigenvalue weighted by Crippen LogP contribution is -2.30. The van der Waals surface area contributed by atoms with E-state index in [-0.39, 0.29) is 0 Å². The van der Waals surface area contributed by atoms with Crippen molar-refractivity contribution in [2.75, 3.05) is 13.7 Å². The summed E-state index contributed by atoms with van der Waals surface area (Å²) < 4.78 is 8.31. The van der Waals surface area contributed by atoms with E-state index in [1.165, 1.54) is 5.30 Å². The molecule has 3 heteroatoms. The lowest BCUT2D eigenvalue weighted by molar-refractivity contribution is 0.274. The Balaban J connectivity index is 2.14. The van der Waals surface area contributed by atoms with Crippen LogP contribution in [0.3, 0.4) is 0 Å². The van der Waals surface area contributed by atoms with Crippen molar-refractivity contribution in [3.63, 3.8) is 0 Å². The zero-order valence-electron chi connectivity index (χ0n) is 9.55. The Hall–Kier alpha value is -0.430. The Labute approximate surface area is 93.1 Å². The largest absolute Gasteiger partial charge is 0.338 e. The maximum atomic E-state index is 5.92. The van der Waals surface area contributed by atoms with Crippen molar-refractivity contribution in [3.05, 3.63) is 30.3 Å². The predicted octanol–water partition coefficient (Wildman–Crippen LogP) is 2.61. The number of rotatable bonds is 2. The molecule has 1 heterocycles. The zero-order chi connectivity index (χ0) is 10.8. The molecule has 82 valence electrons. The van der Waals surface area contributed by atoms with Crippen molar-refractivity contribution in [2.45, 2.75) is 19.9 Å². The fraction of sp³-hybridized carbons (Fsp3) is 0.500. The zero-order valence-corrected chi connectivity index (χ0v) is 10.4. The summed E-state index contributed by atoms with van der Waals surface area (Å²) in [4.78, 5) is 0. The molecular formula is C12H18NOP. The first-order chi connectivity index (χ1) is 7.20. The summed E-state index contributed by atoms with van der Waals surface area (Å²) in [6.45, 7) is 5.39. The van der Waals surface area contributed by atoms with Crippen LogP contribution in [0.15, 0.2) is 30.3 Å². The van der Waals surface area contributed by atoms with E-state index in [1.54, 1.807) is 0 Å². The van der Waals surface area contributed by atoms with Crippen LogP contribution in [0.5, 0.6) is 0 Å². The summed E-state index contributed by atoms with van der Waals surface area (Å²) in [6, 6.07) is 11.1. The van der Waals surface area contributed by atoms with Gasteiger partial charge in [-0.25, -0.2) is 0 Å². The van der Waals surface area contributed by atoms with E-state index in [9.17, 15) is 0 Å². The molecule has 1 saturated heterocycles. The normalized spacial score (nSPS) is 27.5. The third kappa shape index (κ3) is 2.23. The molecule has 0 aromatic heterocycles. The molecule has 15 heavy (non-hydrogen) atoms. The van der Waals surface area contributed by atoms with Crippen LogP contribution in [-0.2, 0) is 4.52 Å². The number of hydrogen-bond acceptors (Lipinski definition) is 2. The second-order valence-corrected chi connectivity index (χ2v) is 6.24. The smallest absolute Gasteiger partial charge is 0.137 e. The number of hydrogen-bond donors (Lipinski definition) is 0. The van der Waals surface area contributed by atoms with Gasteiger partial charge in [-0.15, -0.1) is 0 Å². The summed E-state index contributed by atoms with van der Waals surface area (Å²) in [5.74, 6) is 0.659. The van der Waals surface area contributed by atoms with Gasteiger partial charge in [-0.05, 0) is 13.0 Å². The van der Waals surface area contributed by atoms with E-state index in [0.717, 1.165) is 6.61 Å². The molecule has 1 aliphatic heterocycles. The molecule has 0 spiro atoms. The fourth-order valence-corrected chi connectivity index (χ4v) is 3.94. The molecule has 1 aromatic rings. The molecule has 0 saturated carbocycles. The maximum absolute atomic E-state index is 5.92. The molecule has 0 bridgehead atoms. The topological polar surface area (TPSA) is 12.5 Å². The third-order valence-electron chi connectivity index (χ3n) is 2.88. The van der Waals surface area contributed by atoms with Crippen LogP contribution in [0, 0.1) is 5.92 Å². The standard InChI is InChI=1S/C12H18NOP/c1-10(2)12-9-14-15(13(12)3)11-7-5-4-6-8-11/h4-8,10,12H,9H2,1-3H3/t12-,15?/m0/s1. The monoisotopic (exact) mass is 223 g/mol.